The molecular formula is C46H50Cl3F3N4O9. The van der Waals surface area contributed by atoms with Crippen molar-refractivity contribution in [3.8, 4) is 5.75 Å². The molecule has 3 amide bonds. The van der Waals surface area contributed by atoms with Gasteiger partial charge in [-0.3, -0.25) is 9.69 Å². The van der Waals surface area contributed by atoms with Crippen molar-refractivity contribution in [1.29, 1.82) is 0 Å². The summed E-state index contributed by atoms with van der Waals surface area (Å²) in [5.74, 6) is -4.61. The minimum atomic E-state index is -2.02. The molecule has 3 fully saturated rings. The number of carbonyl (C=O) groups is 3. The van der Waals surface area contributed by atoms with Crippen LogP contribution in [0.5, 0.6) is 5.75 Å². The van der Waals surface area contributed by atoms with Crippen LogP contribution in [-0.2, 0) is 31.9 Å². The molecule has 3 atom stereocenters. The summed E-state index contributed by atoms with van der Waals surface area (Å²) in [6, 6.07) is 15.5. The number of unbranched alkanes of at least 4 members (excludes halogenated alkanes) is 1. The molecule has 3 aromatic rings. The number of aryl methyl sites for hydroxylation is 2. The number of ether oxygens (including phenoxy) is 3. The van der Waals surface area contributed by atoms with Crippen LogP contribution >= 0.6 is 34.8 Å². The van der Waals surface area contributed by atoms with Crippen molar-refractivity contribution < 1.29 is 51.7 Å². The van der Waals surface area contributed by atoms with Gasteiger partial charge in [0.1, 0.15) is 0 Å². The van der Waals surface area contributed by atoms with E-state index in [2.05, 4.69) is 4.84 Å². The van der Waals surface area contributed by atoms with Crippen molar-refractivity contribution in [2.75, 3.05) is 39.5 Å². The van der Waals surface area contributed by atoms with Gasteiger partial charge in [0.05, 0.1) is 31.9 Å². The van der Waals surface area contributed by atoms with Gasteiger partial charge in [-0.05, 0) is 112 Å². The molecule has 2 heterocycles. The van der Waals surface area contributed by atoms with Crippen molar-refractivity contribution in [1.82, 2.24) is 14.7 Å². The van der Waals surface area contributed by atoms with Crippen LogP contribution in [0.15, 0.2) is 66.2 Å². The summed E-state index contributed by atoms with van der Waals surface area (Å²) < 4.78 is 56.8. The molecule has 4 aliphatic rings. The average Bonchev–Trinajstić information content (AvgIpc) is 3.99. The van der Waals surface area contributed by atoms with Crippen LogP contribution in [0.4, 0.5) is 22.8 Å². The number of carbonyl (C=O) groups excluding carboxylic acids is 3. The predicted molar refractivity (Wildman–Crippen MR) is 236 cm³/mol. The van der Waals surface area contributed by atoms with Crippen LogP contribution in [-0.4, -0.2) is 105 Å². The van der Waals surface area contributed by atoms with Gasteiger partial charge in [0.2, 0.25) is 9.61 Å². The van der Waals surface area contributed by atoms with Gasteiger partial charge in [-0.1, -0.05) is 83.3 Å². The summed E-state index contributed by atoms with van der Waals surface area (Å²) in [7, 11) is 0. The fourth-order valence-corrected chi connectivity index (χ4v) is 9.21. The van der Waals surface area contributed by atoms with E-state index in [4.69, 9.17) is 49.0 Å². The number of nitrogens with zero attached hydrogens (tertiary/aromatic N) is 4. The van der Waals surface area contributed by atoms with E-state index >= 15 is 4.79 Å². The van der Waals surface area contributed by atoms with E-state index in [0.29, 0.717) is 55.9 Å². The first-order chi connectivity index (χ1) is 30.8. The fraction of sp³-hybridized carbons (Fsp3) is 0.500. The lowest BCUT2D eigenvalue weighted by molar-refractivity contribution is -0.757. The Morgan fingerprint density at radius 2 is 1.60 bits per heavy atom. The van der Waals surface area contributed by atoms with Crippen molar-refractivity contribution in [3.63, 3.8) is 0 Å². The summed E-state index contributed by atoms with van der Waals surface area (Å²) in [6.07, 6.45) is 2.48. The number of alkyl halides is 3. The number of benzene rings is 3. The zero-order valence-corrected chi connectivity index (χ0v) is 38.4. The third-order valence-electron chi connectivity index (χ3n) is 12.8. The molecule has 7 rings (SSSR count). The van der Waals surface area contributed by atoms with E-state index in [1.807, 2.05) is 60.4 Å². The van der Waals surface area contributed by atoms with Crippen LogP contribution in [0, 0.1) is 39.9 Å². The molecule has 2 aliphatic heterocycles. The largest absolute Gasteiger partial charge is 0.488 e. The summed E-state index contributed by atoms with van der Waals surface area (Å²) in [5.41, 5.74) is 2.47. The summed E-state index contributed by atoms with van der Waals surface area (Å²) in [6.45, 7) is 5.33. The van der Waals surface area contributed by atoms with Crippen molar-refractivity contribution in [2.45, 2.75) is 99.7 Å². The first kappa shape index (κ1) is 48.0. The predicted octanol–water partition coefficient (Wildman–Crippen LogP) is 9.58. The summed E-state index contributed by atoms with van der Waals surface area (Å²) in [4.78, 5) is 63.3. The second-order valence-electron chi connectivity index (χ2n) is 17.5. The molecule has 0 radical (unpaired) electrons. The monoisotopic (exact) mass is 964 g/mol. The smallest absolute Gasteiger partial charge is 0.411 e. The van der Waals surface area contributed by atoms with Gasteiger partial charge in [-0.15, -0.1) is 10.1 Å². The second-order valence-corrected chi connectivity index (χ2v) is 19.8. The van der Waals surface area contributed by atoms with Crippen molar-refractivity contribution in [2.24, 2.45) is 5.41 Å². The molecule has 0 N–H and O–H groups in total. The third kappa shape index (κ3) is 10.2. The molecule has 350 valence electrons. The Morgan fingerprint density at radius 3 is 2.28 bits per heavy atom. The lowest BCUT2D eigenvalue weighted by atomic mass is 9.66. The maximum absolute atomic E-state index is 15.4. The van der Waals surface area contributed by atoms with E-state index in [0.717, 1.165) is 41.2 Å². The Balaban J connectivity index is 1.19. The highest BCUT2D eigenvalue weighted by Crippen LogP contribution is 2.63. The van der Waals surface area contributed by atoms with E-state index in [1.165, 1.54) is 23.6 Å². The molecule has 1 spiro atoms. The Morgan fingerprint density at radius 1 is 0.908 bits per heavy atom. The zero-order valence-electron chi connectivity index (χ0n) is 36.1. The number of amides is 3. The van der Waals surface area contributed by atoms with E-state index < -0.39 is 67.4 Å². The summed E-state index contributed by atoms with van der Waals surface area (Å²) >= 11 is 18.8. The van der Waals surface area contributed by atoms with Crippen LogP contribution in [0.25, 0.3) is 5.57 Å². The van der Waals surface area contributed by atoms with Crippen molar-refractivity contribution >= 4 is 58.5 Å². The molecule has 0 aromatic heterocycles. The SMILES string of the molecule is Cc1ccccc1CCN(C(=O)C1=C(c2ccc(CCCOc3c(F)ccc(F)c3F)cc2)CC23CN(C(=O)OCCCCO[N+](=O)[O-])CC2N(C(=O)OC(C)(C)C(Cl)(Cl)Cl)C13)C1CC1. The molecule has 3 unspecified atom stereocenters. The topological polar surface area (TPSA) is 141 Å². The molecule has 1 saturated carbocycles. The number of rotatable bonds is 18. The number of allylic oxidation sites excluding steroid dienone is 1. The lowest BCUT2D eigenvalue weighted by Crippen LogP contribution is -2.72. The Hall–Kier alpha value is -4.93. The molecule has 3 aromatic carbocycles. The fourth-order valence-electron chi connectivity index (χ4n) is 9.10. The van der Waals surface area contributed by atoms with E-state index in [9.17, 15) is 32.9 Å². The average molecular weight is 966 g/mol. The van der Waals surface area contributed by atoms with Crippen molar-refractivity contribution in [3.05, 3.63) is 116 Å². The Bertz CT molecular complexity index is 2330. The first-order valence-electron chi connectivity index (χ1n) is 21.5. The maximum atomic E-state index is 15.4. The Kier molecular flexibility index (Phi) is 14.4. The van der Waals surface area contributed by atoms with Gasteiger partial charge in [0, 0.05) is 36.7 Å². The number of halogens is 6. The molecule has 13 nitrogen and oxygen atoms in total. The highest BCUT2D eigenvalue weighted by atomic mass is 35.6. The molecule has 65 heavy (non-hydrogen) atoms. The van der Waals surface area contributed by atoms with Gasteiger partial charge in [-0.2, -0.15) is 4.39 Å². The first-order valence-corrected chi connectivity index (χ1v) is 22.7. The quantitative estimate of drug-likeness (QED) is 0.0401. The van der Waals surface area contributed by atoms with Crippen LogP contribution in [0.3, 0.4) is 0 Å². The number of likely N-dealkylation sites (tertiary alicyclic amines) is 2. The molecule has 2 saturated heterocycles. The van der Waals surface area contributed by atoms with Crippen LogP contribution < -0.4 is 4.74 Å². The molecule has 19 heteroatoms. The minimum absolute atomic E-state index is 0.0129. The standard InChI is InChI=1S/C46H50Cl3F3N4O9/c1-28-9-4-5-11-30(28)20-21-54(32-16-17-32)41(57)37-33(31-14-12-29(13-15-31)10-8-23-62-39-35(51)19-18-34(50)38(39)52)25-45-27-53(42(58)63-22-6-7-24-64-56(60)61)26-36(45)55(40(37)45)43(59)65-44(2,3)46(47,48)49/h4-5,9,11-15,18-19,32,36,40H,6-8,10,16-17,20-27H2,1-3H3. The highest BCUT2D eigenvalue weighted by molar-refractivity contribution is 6.68. The highest BCUT2D eigenvalue weighted by Gasteiger charge is 2.73. The number of hydrogen-bond donors (Lipinski definition) is 0. The normalized spacial score (nSPS) is 20.2. The van der Waals surface area contributed by atoms with Crippen LogP contribution in [0.2, 0.25) is 0 Å². The van der Waals surface area contributed by atoms with Gasteiger partial charge < -0.3 is 28.8 Å². The lowest BCUT2D eigenvalue weighted by Gasteiger charge is -2.57. The van der Waals surface area contributed by atoms with Crippen LogP contribution in [0.1, 0.15) is 74.6 Å². The van der Waals surface area contributed by atoms with Gasteiger partial charge in [0.15, 0.2) is 23.0 Å². The van der Waals surface area contributed by atoms with E-state index in [1.54, 1.807) is 0 Å². The maximum Gasteiger partial charge on any atom is 0.411 e. The van der Waals surface area contributed by atoms with E-state index in [-0.39, 0.29) is 51.3 Å². The third-order valence-corrected chi connectivity index (χ3v) is 14.1. The van der Waals surface area contributed by atoms with Gasteiger partial charge in [0.25, 0.3) is 11.0 Å². The second kappa shape index (κ2) is 19.5. The summed E-state index contributed by atoms with van der Waals surface area (Å²) in [5, 5.41) is 9.65. The van der Waals surface area contributed by atoms with Gasteiger partial charge in [-0.25, -0.2) is 18.4 Å². The zero-order chi connectivity index (χ0) is 46.8. The molecular weight excluding hydrogens is 916 g/mol. The number of hydrogen-bond acceptors (Lipinski definition) is 9. The molecule has 2 aliphatic carbocycles. The molecule has 0 bridgehead atoms. The van der Waals surface area contributed by atoms with Gasteiger partial charge >= 0.3 is 12.2 Å². The minimum Gasteiger partial charge on any atom is -0.488 e. The Labute approximate surface area is 389 Å².